The van der Waals surface area contributed by atoms with Crippen molar-refractivity contribution in [2.45, 2.75) is 33.2 Å². The van der Waals surface area contributed by atoms with E-state index in [-0.39, 0.29) is 11.9 Å². The summed E-state index contributed by atoms with van der Waals surface area (Å²) in [6, 6.07) is 8.85. The summed E-state index contributed by atoms with van der Waals surface area (Å²) in [6.45, 7) is 6.29. The summed E-state index contributed by atoms with van der Waals surface area (Å²) < 4.78 is 14.4. The van der Waals surface area contributed by atoms with Crippen LogP contribution in [-0.4, -0.2) is 0 Å². The lowest BCUT2D eigenvalue weighted by Crippen LogP contribution is -2.30. The van der Waals surface area contributed by atoms with E-state index in [2.05, 4.69) is 54.3 Å². The molecule has 0 heterocycles. The van der Waals surface area contributed by atoms with E-state index in [1.54, 1.807) is 6.07 Å². The van der Waals surface area contributed by atoms with E-state index in [0.717, 1.165) is 16.5 Å². The van der Waals surface area contributed by atoms with Gasteiger partial charge in [0, 0.05) is 4.47 Å². The molecule has 0 radical (unpaired) electrons. The Morgan fingerprint density at radius 1 is 1.14 bits per heavy atom. The van der Waals surface area contributed by atoms with E-state index in [1.165, 1.54) is 34.4 Å². The summed E-state index contributed by atoms with van der Waals surface area (Å²) >= 11 is 3.47. The minimum atomic E-state index is -0.259. The fourth-order valence-electron chi connectivity index (χ4n) is 2.78. The van der Waals surface area contributed by atoms with Crippen LogP contribution in [0.1, 0.15) is 33.9 Å². The van der Waals surface area contributed by atoms with E-state index in [9.17, 15) is 4.39 Å². The van der Waals surface area contributed by atoms with Crippen LogP contribution in [0.4, 0.5) is 4.39 Å². The van der Waals surface area contributed by atoms with E-state index in [1.807, 2.05) is 0 Å². The molecule has 0 aliphatic rings. The van der Waals surface area contributed by atoms with Gasteiger partial charge in [-0.1, -0.05) is 33.6 Å². The standard InChI is InChI=1S/C17H20BrFN2/c1-10-6-11(2)14(12(3)7-10)9-17(21-20)15-8-13(19)4-5-16(15)18/h4-8,17,21H,9,20H2,1-3H3. The average Bonchev–Trinajstić information content (AvgIpc) is 2.41. The Bertz CT molecular complexity index is 632. The predicted octanol–water partition coefficient (Wildman–Crippen LogP) is 4.26. The number of rotatable bonds is 4. The highest BCUT2D eigenvalue weighted by Crippen LogP contribution is 2.29. The van der Waals surface area contributed by atoms with Crippen molar-refractivity contribution >= 4 is 15.9 Å². The van der Waals surface area contributed by atoms with Gasteiger partial charge < -0.3 is 0 Å². The number of hydrogen-bond acceptors (Lipinski definition) is 2. The molecule has 0 spiro atoms. The first kappa shape index (κ1) is 16.1. The first-order valence-electron chi connectivity index (χ1n) is 6.90. The summed E-state index contributed by atoms with van der Waals surface area (Å²) in [6.07, 6.45) is 0.719. The van der Waals surface area contributed by atoms with Crippen LogP contribution in [0.25, 0.3) is 0 Å². The van der Waals surface area contributed by atoms with Gasteiger partial charge in [-0.2, -0.15) is 0 Å². The first-order valence-corrected chi connectivity index (χ1v) is 7.69. The Hall–Kier alpha value is -1.23. The molecule has 1 unspecified atom stereocenters. The molecule has 2 aromatic carbocycles. The van der Waals surface area contributed by atoms with Gasteiger partial charge in [0.1, 0.15) is 5.82 Å². The molecule has 112 valence electrons. The summed E-state index contributed by atoms with van der Waals surface area (Å²) in [4.78, 5) is 0. The molecule has 3 N–H and O–H groups in total. The molecule has 2 aromatic rings. The molecule has 0 aromatic heterocycles. The van der Waals surface area contributed by atoms with E-state index < -0.39 is 0 Å². The molecule has 4 heteroatoms. The largest absolute Gasteiger partial charge is 0.271 e. The summed E-state index contributed by atoms with van der Waals surface area (Å²) in [5.74, 6) is 5.45. The van der Waals surface area contributed by atoms with Gasteiger partial charge in [0.15, 0.2) is 0 Å². The fraction of sp³-hybridized carbons (Fsp3) is 0.294. The SMILES string of the molecule is Cc1cc(C)c(CC(NN)c2cc(F)ccc2Br)c(C)c1. The van der Waals surface area contributed by atoms with Gasteiger partial charge in [0.25, 0.3) is 0 Å². The Labute approximate surface area is 133 Å². The third-order valence-electron chi connectivity index (χ3n) is 3.78. The second-order valence-corrected chi connectivity index (χ2v) is 6.32. The van der Waals surface area contributed by atoms with Crippen molar-refractivity contribution in [1.29, 1.82) is 0 Å². The van der Waals surface area contributed by atoms with Crippen LogP contribution in [0.5, 0.6) is 0 Å². The Morgan fingerprint density at radius 3 is 2.33 bits per heavy atom. The average molecular weight is 351 g/mol. The number of hydrogen-bond donors (Lipinski definition) is 2. The second kappa shape index (κ2) is 6.69. The highest BCUT2D eigenvalue weighted by Gasteiger charge is 2.17. The van der Waals surface area contributed by atoms with Gasteiger partial charge in [0.2, 0.25) is 0 Å². The number of nitrogens with one attached hydrogen (secondary N) is 1. The maximum atomic E-state index is 13.5. The third kappa shape index (κ3) is 3.70. The fourth-order valence-corrected chi connectivity index (χ4v) is 3.30. The van der Waals surface area contributed by atoms with E-state index >= 15 is 0 Å². The molecular formula is C17H20BrFN2. The zero-order chi connectivity index (χ0) is 15.6. The van der Waals surface area contributed by atoms with Crippen molar-refractivity contribution < 1.29 is 4.39 Å². The van der Waals surface area contributed by atoms with Crippen molar-refractivity contribution in [3.8, 4) is 0 Å². The Balaban J connectivity index is 2.38. The zero-order valence-corrected chi connectivity index (χ0v) is 14.1. The van der Waals surface area contributed by atoms with Gasteiger partial charge in [0.05, 0.1) is 6.04 Å². The molecule has 0 fully saturated rings. The molecule has 0 amide bonds. The molecule has 2 nitrogen and oxygen atoms in total. The molecule has 0 aliphatic heterocycles. The van der Waals surface area contributed by atoms with Crippen LogP contribution in [0, 0.1) is 26.6 Å². The summed E-state index contributed by atoms with van der Waals surface area (Å²) in [5.41, 5.74) is 8.61. The Morgan fingerprint density at radius 2 is 1.76 bits per heavy atom. The number of halogens is 2. The van der Waals surface area contributed by atoms with Gasteiger partial charge in [-0.3, -0.25) is 11.3 Å². The molecule has 2 rings (SSSR count). The molecule has 1 atom stereocenters. The predicted molar refractivity (Wildman–Crippen MR) is 88.5 cm³/mol. The van der Waals surface area contributed by atoms with Gasteiger partial charge in [-0.05, 0) is 67.6 Å². The maximum Gasteiger partial charge on any atom is 0.123 e. The van der Waals surface area contributed by atoms with Gasteiger partial charge in [-0.25, -0.2) is 4.39 Å². The van der Waals surface area contributed by atoms with Crippen LogP contribution in [0.2, 0.25) is 0 Å². The number of aryl methyl sites for hydroxylation is 3. The van der Waals surface area contributed by atoms with E-state index in [4.69, 9.17) is 5.84 Å². The minimum absolute atomic E-state index is 0.143. The lowest BCUT2D eigenvalue weighted by atomic mass is 9.92. The first-order chi connectivity index (χ1) is 9.92. The highest BCUT2D eigenvalue weighted by atomic mass is 79.9. The van der Waals surface area contributed by atoms with Crippen LogP contribution < -0.4 is 11.3 Å². The lowest BCUT2D eigenvalue weighted by molar-refractivity contribution is 0.540. The van der Waals surface area contributed by atoms with Crippen molar-refractivity contribution in [3.63, 3.8) is 0 Å². The Kier molecular flexibility index (Phi) is 5.14. The number of benzene rings is 2. The van der Waals surface area contributed by atoms with Crippen LogP contribution in [0.15, 0.2) is 34.8 Å². The van der Waals surface area contributed by atoms with Gasteiger partial charge in [-0.15, -0.1) is 0 Å². The molecule has 21 heavy (non-hydrogen) atoms. The van der Waals surface area contributed by atoms with Crippen molar-refractivity contribution in [2.75, 3.05) is 0 Å². The van der Waals surface area contributed by atoms with Crippen molar-refractivity contribution in [2.24, 2.45) is 5.84 Å². The molecule has 0 aliphatic carbocycles. The van der Waals surface area contributed by atoms with Crippen LogP contribution in [-0.2, 0) is 6.42 Å². The highest BCUT2D eigenvalue weighted by molar-refractivity contribution is 9.10. The smallest absolute Gasteiger partial charge is 0.123 e. The minimum Gasteiger partial charge on any atom is -0.271 e. The number of hydrazine groups is 1. The third-order valence-corrected chi connectivity index (χ3v) is 4.51. The lowest BCUT2D eigenvalue weighted by Gasteiger charge is -2.21. The molecular weight excluding hydrogens is 331 g/mol. The quantitative estimate of drug-likeness (QED) is 0.638. The maximum absolute atomic E-state index is 13.5. The van der Waals surface area contributed by atoms with Crippen molar-refractivity contribution in [3.05, 3.63) is 68.4 Å². The molecule has 0 bridgehead atoms. The summed E-state index contributed by atoms with van der Waals surface area (Å²) in [7, 11) is 0. The number of nitrogens with two attached hydrogens (primary N) is 1. The zero-order valence-electron chi connectivity index (χ0n) is 12.5. The van der Waals surface area contributed by atoms with Crippen LogP contribution in [0.3, 0.4) is 0 Å². The second-order valence-electron chi connectivity index (χ2n) is 5.47. The molecule has 0 saturated heterocycles. The van der Waals surface area contributed by atoms with Crippen molar-refractivity contribution in [1.82, 2.24) is 5.43 Å². The van der Waals surface area contributed by atoms with Gasteiger partial charge >= 0.3 is 0 Å². The normalized spacial score (nSPS) is 12.5. The van der Waals surface area contributed by atoms with E-state index in [0.29, 0.717) is 0 Å². The van der Waals surface area contributed by atoms with Crippen LogP contribution >= 0.6 is 15.9 Å². The molecule has 0 saturated carbocycles. The monoisotopic (exact) mass is 350 g/mol. The topological polar surface area (TPSA) is 38.0 Å². The summed E-state index contributed by atoms with van der Waals surface area (Å²) in [5, 5.41) is 0.